The van der Waals surface area contributed by atoms with Gasteiger partial charge in [-0.15, -0.1) is 11.8 Å². The summed E-state index contributed by atoms with van der Waals surface area (Å²) in [5.41, 5.74) is 2.32. The van der Waals surface area contributed by atoms with Gasteiger partial charge in [-0.3, -0.25) is 4.79 Å². The molecule has 0 bridgehead atoms. The normalized spacial score (nSPS) is 11.2. The smallest absolute Gasteiger partial charge is 0.199 e. The summed E-state index contributed by atoms with van der Waals surface area (Å²) in [6.45, 7) is 0. The van der Waals surface area contributed by atoms with Crippen molar-refractivity contribution in [2.24, 2.45) is 0 Å². The van der Waals surface area contributed by atoms with E-state index in [-0.39, 0.29) is 5.78 Å². The van der Waals surface area contributed by atoms with E-state index in [0.29, 0.717) is 44.1 Å². The molecule has 0 aliphatic carbocycles. The van der Waals surface area contributed by atoms with Crippen LogP contribution in [0.5, 0.6) is 17.2 Å². The highest BCUT2D eigenvalue weighted by Gasteiger charge is 2.18. The third kappa shape index (κ3) is 6.09. The number of carbonyl (C=O) groups excluding carboxylic acids is 1. The van der Waals surface area contributed by atoms with Gasteiger partial charge in [-0.1, -0.05) is 39.7 Å². The van der Waals surface area contributed by atoms with Crippen LogP contribution in [0.1, 0.15) is 21.5 Å². The van der Waals surface area contributed by atoms with Crippen LogP contribution in [-0.4, -0.2) is 27.1 Å². The number of ether oxygens (including phenoxy) is 3. The molecule has 0 fully saturated rings. The van der Waals surface area contributed by atoms with Crippen LogP contribution >= 0.6 is 39.3 Å². The number of hydrogen-bond acceptors (Lipinski definition) is 5. The third-order valence-electron chi connectivity index (χ3n) is 4.67. The molecule has 0 amide bonds. The number of methoxy groups -OCH3 is 3. The van der Waals surface area contributed by atoms with Crippen LogP contribution < -0.4 is 14.2 Å². The summed E-state index contributed by atoms with van der Waals surface area (Å²) in [5, 5.41) is 0.674. The predicted molar refractivity (Wildman–Crippen MR) is 135 cm³/mol. The maximum Gasteiger partial charge on any atom is 0.199 e. The molecule has 0 aromatic heterocycles. The highest BCUT2D eigenvalue weighted by molar-refractivity contribution is 9.10. The number of ketones is 1. The van der Waals surface area contributed by atoms with Gasteiger partial charge < -0.3 is 14.2 Å². The average Bonchev–Trinajstić information content (AvgIpc) is 2.82. The Morgan fingerprint density at radius 3 is 2.06 bits per heavy atom. The minimum atomic E-state index is -0.0867. The number of hydrogen-bond donors (Lipinski definition) is 0. The molecular formula is C25H22BrClO4S. The van der Waals surface area contributed by atoms with Gasteiger partial charge in [-0.2, -0.15) is 0 Å². The number of thioether (sulfide) groups is 1. The van der Waals surface area contributed by atoms with Crippen LogP contribution in [0.4, 0.5) is 0 Å². The van der Waals surface area contributed by atoms with Crippen LogP contribution in [-0.2, 0) is 5.75 Å². The molecule has 32 heavy (non-hydrogen) atoms. The molecule has 0 aliphatic rings. The van der Waals surface area contributed by atoms with Gasteiger partial charge >= 0.3 is 0 Å². The van der Waals surface area contributed by atoms with Gasteiger partial charge in [0.2, 0.25) is 0 Å². The molecule has 3 aromatic carbocycles. The van der Waals surface area contributed by atoms with Gasteiger partial charge in [0.1, 0.15) is 17.2 Å². The van der Waals surface area contributed by atoms with Crippen molar-refractivity contribution in [2.75, 3.05) is 21.3 Å². The van der Waals surface area contributed by atoms with Crippen molar-refractivity contribution >= 4 is 51.2 Å². The first kappa shape index (κ1) is 24.2. The molecule has 166 valence electrons. The Balaban J connectivity index is 2.04. The van der Waals surface area contributed by atoms with E-state index in [1.165, 1.54) is 11.8 Å². The summed E-state index contributed by atoms with van der Waals surface area (Å²) < 4.78 is 17.4. The number of Topliss-reactive ketones (excluding diaryl/α,β-unsaturated/α-hetero) is 1. The van der Waals surface area contributed by atoms with Crippen molar-refractivity contribution in [3.05, 3.63) is 91.8 Å². The topological polar surface area (TPSA) is 44.8 Å². The maximum atomic E-state index is 13.4. The van der Waals surface area contributed by atoms with Crippen molar-refractivity contribution < 1.29 is 19.0 Å². The minimum Gasteiger partial charge on any atom is -0.496 e. The van der Waals surface area contributed by atoms with Crippen molar-refractivity contribution in [1.82, 2.24) is 0 Å². The molecule has 0 heterocycles. The van der Waals surface area contributed by atoms with Crippen molar-refractivity contribution in [3.63, 3.8) is 0 Å². The minimum absolute atomic E-state index is 0.0867. The van der Waals surface area contributed by atoms with Crippen LogP contribution in [0.15, 0.2) is 70.0 Å². The largest absolute Gasteiger partial charge is 0.496 e. The van der Waals surface area contributed by atoms with Gasteiger partial charge in [0.25, 0.3) is 0 Å². The molecule has 0 unspecified atom stereocenters. The highest BCUT2D eigenvalue weighted by Crippen LogP contribution is 2.38. The standard InChI is InChI=1S/C25H22BrClO4S/c1-29-20-12-22(30-2)21(23(13-20)31-3)14-24(25(28)17-6-8-18(26)9-7-17)32-15-16-4-10-19(27)11-5-16/h4-14H,15H2,1-3H3/b24-14+. The Kier molecular flexibility index (Phi) is 8.67. The molecule has 3 rings (SSSR count). The Labute approximate surface area is 205 Å². The summed E-state index contributed by atoms with van der Waals surface area (Å²) in [4.78, 5) is 14.0. The van der Waals surface area contributed by atoms with E-state index in [9.17, 15) is 4.79 Å². The number of benzene rings is 3. The van der Waals surface area contributed by atoms with Gasteiger partial charge in [0.05, 0.1) is 31.8 Å². The monoisotopic (exact) mass is 532 g/mol. The predicted octanol–water partition coefficient (Wildman–Crippen LogP) is 7.29. The third-order valence-corrected chi connectivity index (χ3v) is 6.54. The first-order chi connectivity index (χ1) is 15.4. The summed E-state index contributed by atoms with van der Waals surface area (Å²) >= 11 is 10.9. The van der Waals surface area contributed by atoms with Crippen LogP contribution in [0.3, 0.4) is 0 Å². The van der Waals surface area contributed by atoms with E-state index in [4.69, 9.17) is 25.8 Å². The molecule has 0 N–H and O–H groups in total. The lowest BCUT2D eigenvalue weighted by atomic mass is 10.1. The number of rotatable bonds is 9. The fraction of sp³-hybridized carbons (Fsp3) is 0.160. The lowest BCUT2D eigenvalue weighted by Crippen LogP contribution is -2.02. The molecule has 4 nitrogen and oxygen atoms in total. The lowest BCUT2D eigenvalue weighted by Gasteiger charge is -2.14. The van der Waals surface area contributed by atoms with Crippen LogP contribution in [0.25, 0.3) is 6.08 Å². The van der Waals surface area contributed by atoms with E-state index in [1.54, 1.807) is 45.6 Å². The summed E-state index contributed by atoms with van der Waals surface area (Å²) in [6.07, 6.45) is 1.81. The van der Waals surface area contributed by atoms with E-state index in [0.717, 1.165) is 10.0 Å². The molecule has 0 saturated heterocycles. The Morgan fingerprint density at radius 1 is 0.938 bits per heavy atom. The molecule has 7 heteroatoms. The number of allylic oxidation sites excluding steroid dienone is 1. The fourth-order valence-electron chi connectivity index (χ4n) is 2.96. The first-order valence-electron chi connectivity index (χ1n) is 9.64. The summed E-state index contributed by atoms with van der Waals surface area (Å²) in [6, 6.07) is 18.4. The zero-order valence-electron chi connectivity index (χ0n) is 17.9. The molecule has 3 aromatic rings. The van der Waals surface area contributed by atoms with E-state index >= 15 is 0 Å². The molecule has 0 radical (unpaired) electrons. The zero-order valence-corrected chi connectivity index (χ0v) is 21.0. The highest BCUT2D eigenvalue weighted by atomic mass is 79.9. The summed E-state index contributed by atoms with van der Waals surface area (Å²) in [7, 11) is 4.72. The molecule has 0 saturated carbocycles. The van der Waals surface area contributed by atoms with Crippen LogP contribution in [0, 0.1) is 0 Å². The second kappa shape index (κ2) is 11.5. The van der Waals surface area contributed by atoms with Crippen molar-refractivity contribution in [2.45, 2.75) is 5.75 Å². The average molecular weight is 534 g/mol. The molecular weight excluding hydrogens is 512 g/mol. The van der Waals surface area contributed by atoms with Gasteiger partial charge in [0, 0.05) is 32.9 Å². The lowest BCUT2D eigenvalue weighted by molar-refractivity contribution is 0.104. The van der Waals surface area contributed by atoms with E-state index < -0.39 is 0 Å². The number of halogens is 2. The quantitative estimate of drug-likeness (QED) is 0.213. The Morgan fingerprint density at radius 2 is 1.53 bits per heavy atom. The second-order valence-corrected chi connectivity index (χ2v) is 9.07. The maximum absolute atomic E-state index is 13.4. The Hall–Kier alpha value is -2.41. The van der Waals surface area contributed by atoms with E-state index in [1.807, 2.05) is 42.5 Å². The van der Waals surface area contributed by atoms with Gasteiger partial charge in [-0.05, 0) is 48.0 Å². The second-order valence-electron chi connectivity index (χ2n) is 6.71. The molecule has 0 atom stereocenters. The van der Waals surface area contributed by atoms with Gasteiger partial charge in [-0.25, -0.2) is 0 Å². The molecule has 0 spiro atoms. The summed E-state index contributed by atoms with van der Waals surface area (Å²) in [5.74, 6) is 2.22. The van der Waals surface area contributed by atoms with Crippen molar-refractivity contribution in [3.8, 4) is 17.2 Å². The zero-order chi connectivity index (χ0) is 23.1. The van der Waals surface area contributed by atoms with Crippen molar-refractivity contribution in [1.29, 1.82) is 0 Å². The van der Waals surface area contributed by atoms with Crippen LogP contribution in [0.2, 0.25) is 5.02 Å². The SMILES string of the molecule is COc1cc(OC)c(/C=C(/SCc2ccc(Cl)cc2)C(=O)c2ccc(Br)cc2)c(OC)c1. The number of carbonyl (C=O) groups is 1. The van der Waals surface area contributed by atoms with Gasteiger partial charge in [0.15, 0.2) is 5.78 Å². The Bertz CT molecular complexity index is 1090. The first-order valence-corrected chi connectivity index (χ1v) is 11.8. The van der Waals surface area contributed by atoms with E-state index in [2.05, 4.69) is 15.9 Å². The molecule has 0 aliphatic heterocycles. The fourth-order valence-corrected chi connectivity index (χ4v) is 4.32.